The Labute approximate surface area is 156 Å². The molecule has 0 spiro atoms. The van der Waals surface area contributed by atoms with Crippen molar-refractivity contribution in [1.82, 2.24) is 5.32 Å². The van der Waals surface area contributed by atoms with Crippen LogP contribution in [0.2, 0.25) is 0 Å². The summed E-state index contributed by atoms with van der Waals surface area (Å²) in [5.74, 6) is 1.74. The van der Waals surface area contributed by atoms with Crippen LogP contribution in [-0.2, 0) is 11.2 Å². The molecule has 0 fully saturated rings. The third-order valence-corrected chi connectivity index (χ3v) is 4.49. The maximum absolute atomic E-state index is 12.2. The molecule has 140 valence electrons. The average Bonchev–Trinajstić information content (AvgIpc) is 2.61. The summed E-state index contributed by atoms with van der Waals surface area (Å²) in [5.41, 5.74) is 4.67. The lowest BCUT2D eigenvalue weighted by atomic mass is 10.1. The van der Waals surface area contributed by atoms with Crippen LogP contribution in [0, 0.1) is 20.8 Å². The molecule has 1 N–H and O–H groups in total. The fourth-order valence-corrected chi connectivity index (χ4v) is 2.77. The van der Waals surface area contributed by atoms with Gasteiger partial charge in [-0.2, -0.15) is 0 Å². The van der Waals surface area contributed by atoms with E-state index in [0.717, 1.165) is 22.6 Å². The Morgan fingerprint density at radius 1 is 1.04 bits per heavy atom. The van der Waals surface area contributed by atoms with E-state index in [9.17, 15) is 4.79 Å². The van der Waals surface area contributed by atoms with E-state index in [1.807, 2.05) is 44.2 Å². The number of ether oxygens (including phenoxy) is 2. The number of hydrogen-bond donors (Lipinski definition) is 1. The molecular weight excluding hydrogens is 326 g/mol. The van der Waals surface area contributed by atoms with E-state index in [2.05, 4.69) is 25.2 Å². The van der Waals surface area contributed by atoms with Gasteiger partial charge in [-0.25, -0.2) is 0 Å². The lowest BCUT2D eigenvalue weighted by Gasteiger charge is -2.16. The minimum Gasteiger partial charge on any atom is -0.496 e. The fourth-order valence-electron chi connectivity index (χ4n) is 2.77. The second kappa shape index (κ2) is 9.27. The zero-order valence-corrected chi connectivity index (χ0v) is 16.4. The molecule has 4 heteroatoms. The van der Waals surface area contributed by atoms with Crippen LogP contribution >= 0.6 is 0 Å². The molecule has 4 nitrogen and oxygen atoms in total. The predicted octanol–water partition coefficient (Wildman–Crippen LogP) is 4.14. The van der Waals surface area contributed by atoms with E-state index in [-0.39, 0.29) is 11.9 Å². The molecule has 2 rings (SSSR count). The molecule has 0 aliphatic rings. The summed E-state index contributed by atoms with van der Waals surface area (Å²) >= 11 is 0. The van der Waals surface area contributed by atoms with Gasteiger partial charge in [-0.15, -0.1) is 0 Å². The first kappa shape index (κ1) is 19.8. The van der Waals surface area contributed by atoms with Crippen LogP contribution in [-0.4, -0.2) is 25.7 Å². The Balaban J connectivity index is 1.76. The zero-order valence-electron chi connectivity index (χ0n) is 16.4. The summed E-state index contributed by atoms with van der Waals surface area (Å²) in [5, 5.41) is 2.99. The van der Waals surface area contributed by atoms with Crippen molar-refractivity contribution in [2.75, 3.05) is 13.7 Å². The summed E-state index contributed by atoms with van der Waals surface area (Å²) in [6, 6.07) is 12.0. The van der Waals surface area contributed by atoms with Crippen LogP contribution in [0.3, 0.4) is 0 Å². The average molecular weight is 355 g/mol. The smallest absolute Gasteiger partial charge is 0.220 e. The molecule has 0 aliphatic carbocycles. The Kier molecular flexibility index (Phi) is 7.07. The molecule has 0 radical (unpaired) electrons. The molecule has 0 aliphatic heterocycles. The van der Waals surface area contributed by atoms with Crippen LogP contribution in [0.25, 0.3) is 0 Å². The van der Waals surface area contributed by atoms with Gasteiger partial charge in [0.1, 0.15) is 18.1 Å². The maximum atomic E-state index is 12.2. The van der Waals surface area contributed by atoms with Gasteiger partial charge in [0, 0.05) is 6.42 Å². The molecule has 26 heavy (non-hydrogen) atoms. The van der Waals surface area contributed by atoms with Crippen LogP contribution in [0.15, 0.2) is 36.4 Å². The SMILES string of the molecule is COc1ccc(CCC(=O)N[C@@H](C)COc2ccc(C)c(C)c2)cc1C. The number of aryl methyl sites for hydroxylation is 4. The quantitative estimate of drug-likeness (QED) is 0.774. The number of carbonyl (C=O) groups excluding carboxylic acids is 1. The van der Waals surface area contributed by atoms with Crippen LogP contribution < -0.4 is 14.8 Å². The van der Waals surface area contributed by atoms with E-state index in [1.54, 1.807) is 7.11 Å². The van der Waals surface area contributed by atoms with Gasteiger partial charge in [0.15, 0.2) is 0 Å². The van der Waals surface area contributed by atoms with Crippen LogP contribution in [0.5, 0.6) is 11.5 Å². The van der Waals surface area contributed by atoms with Crippen molar-refractivity contribution in [2.24, 2.45) is 0 Å². The second-order valence-electron chi connectivity index (χ2n) is 6.83. The van der Waals surface area contributed by atoms with E-state index in [4.69, 9.17) is 9.47 Å². The summed E-state index contributed by atoms with van der Waals surface area (Å²) in [7, 11) is 1.66. The number of benzene rings is 2. The highest BCUT2D eigenvalue weighted by molar-refractivity contribution is 5.76. The molecule has 0 heterocycles. The third-order valence-electron chi connectivity index (χ3n) is 4.49. The summed E-state index contributed by atoms with van der Waals surface area (Å²) < 4.78 is 11.0. The first-order valence-corrected chi connectivity index (χ1v) is 9.02. The first-order chi connectivity index (χ1) is 12.4. The minimum absolute atomic E-state index is 0.0367. The van der Waals surface area contributed by atoms with Gasteiger partial charge in [-0.1, -0.05) is 18.2 Å². The van der Waals surface area contributed by atoms with Gasteiger partial charge in [0.25, 0.3) is 0 Å². The van der Waals surface area contributed by atoms with Crippen molar-refractivity contribution in [3.05, 3.63) is 58.7 Å². The lowest BCUT2D eigenvalue weighted by Crippen LogP contribution is -2.36. The molecule has 0 aromatic heterocycles. The number of methoxy groups -OCH3 is 1. The summed E-state index contributed by atoms with van der Waals surface area (Å²) in [6.07, 6.45) is 1.17. The highest BCUT2D eigenvalue weighted by atomic mass is 16.5. The number of rotatable bonds is 8. The lowest BCUT2D eigenvalue weighted by molar-refractivity contribution is -0.121. The Hall–Kier alpha value is -2.49. The predicted molar refractivity (Wildman–Crippen MR) is 105 cm³/mol. The van der Waals surface area contributed by atoms with Crippen molar-refractivity contribution in [3.8, 4) is 11.5 Å². The molecule has 0 saturated heterocycles. The van der Waals surface area contributed by atoms with Crippen LogP contribution in [0.1, 0.15) is 35.6 Å². The molecule has 0 saturated carbocycles. The van der Waals surface area contributed by atoms with Crippen molar-refractivity contribution >= 4 is 5.91 Å². The third kappa shape index (κ3) is 5.80. The van der Waals surface area contributed by atoms with Crippen LogP contribution in [0.4, 0.5) is 0 Å². The number of carbonyl (C=O) groups is 1. The molecule has 1 atom stereocenters. The Morgan fingerprint density at radius 2 is 1.81 bits per heavy atom. The van der Waals surface area contributed by atoms with Crippen molar-refractivity contribution < 1.29 is 14.3 Å². The standard InChI is InChI=1S/C22H29NO3/c1-15-6-9-20(13-16(15)2)26-14-18(4)23-22(24)11-8-19-7-10-21(25-5)17(3)12-19/h6-7,9-10,12-13,18H,8,11,14H2,1-5H3,(H,23,24)/t18-/m0/s1. The second-order valence-corrected chi connectivity index (χ2v) is 6.83. The molecule has 0 bridgehead atoms. The number of amides is 1. The molecule has 2 aromatic rings. The van der Waals surface area contributed by atoms with E-state index >= 15 is 0 Å². The number of hydrogen-bond acceptors (Lipinski definition) is 3. The summed E-state index contributed by atoms with van der Waals surface area (Å²) in [6.45, 7) is 8.56. The van der Waals surface area contributed by atoms with Crippen molar-refractivity contribution in [2.45, 2.75) is 46.6 Å². The van der Waals surface area contributed by atoms with Gasteiger partial charge >= 0.3 is 0 Å². The zero-order chi connectivity index (χ0) is 19.1. The maximum Gasteiger partial charge on any atom is 0.220 e. The van der Waals surface area contributed by atoms with Crippen molar-refractivity contribution in [3.63, 3.8) is 0 Å². The fraction of sp³-hybridized carbons (Fsp3) is 0.409. The minimum atomic E-state index is -0.0401. The highest BCUT2D eigenvalue weighted by Gasteiger charge is 2.09. The van der Waals surface area contributed by atoms with Gasteiger partial charge in [-0.3, -0.25) is 4.79 Å². The molecular formula is C22H29NO3. The highest BCUT2D eigenvalue weighted by Crippen LogP contribution is 2.19. The number of nitrogens with one attached hydrogen (secondary N) is 1. The van der Waals surface area contributed by atoms with Crippen molar-refractivity contribution in [1.29, 1.82) is 0 Å². The van der Waals surface area contributed by atoms with Gasteiger partial charge in [-0.05, 0) is 74.6 Å². The first-order valence-electron chi connectivity index (χ1n) is 9.02. The van der Waals surface area contributed by atoms with Gasteiger partial charge < -0.3 is 14.8 Å². The monoisotopic (exact) mass is 355 g/mol. The molecule has 2 aromatic carbocycles. The van der Waals surface area contributed by atoms with Gasteiger partial charge in [0.05, 0.1) is 13.2 Å². The topological polar surface area (TPSA) is 47.6 Å². The van der Waals surface area contributed by atoms with Gasteiger partial charge in [0.2, 0.25) is 5.91 Å². The normalized spacial score (nSPS) is 11.7. The Morgan fingerprint density at radius 3 is 2.46 bits per heavy atom. The van der Waals surface area contributed by atoms with E-state index in [1.165, 1.54) is 11.1 Å². The molecule has 1 amide bonds. The van der Waals surface area contributed by atoms with E-state index < -0.39 is 0 Å². The summed E-state index contributed by atoms with van der Waals surface area (Å²) in [4.78, 5) is 12.2. The Bertz CT molecular complexity index is 755. The van der Waals surface area contributed by atoms with E-state index in [0.29, 0.717) is 19.4 Å². The molecule has 0 unspecified atom stereocenters. The largest absolute Gasteiger partial charge is 0.496 e.